The van der Waals surface area contributed by atoms with Crippen LogP contribution in [0.1, 0.15) is 5.56 Å². The third-order valence-electron chi connectivity index (χ3n) is 5.14. The second-order valence-electron chi connectivity index (χ2n) is 7.59. The molecule has 0 bridgehead atoms. The Kier molecular flexibility index (Phi) is 7.23. The highest BCUT2D eigenvalue weighted by Crippen LogP contribution is 2.32. The molecule has 35 heavy (non-hydrogen) atoms. The summed E-state index contributed by atoms with van der Waals surface area (Å²) in [6, 6.07) is 14.5. The molecule has 2 aromatic heterocycles. The SMILES string of the molecule is O=c1n(Cc2ccnc(-c3cccc(Cl)c3Cl)c2)nc(-c2ccc(Cl)cc2)n1C[C@H](O)C(F)(F)F. The Morgan fingerprint density at radius 2 is 1.74 bits per heavy atom. The van der Waals surface area contributed by atoms with Gasteiger partial charge in [0.1, 0.15) is 0 Å². The van der Waals surface area contributed by atoms with E-state index < -0.39 is 24.5 Å². The Bertz CT molecular complexity index is 1420. The van der Waals surface area contributed by atoms with E-state index in [-0.39, 0.29) is 12.4 Å². The molecule has 2 aromatic carbocycles. The summed E-state index contributed by atoms with van der Waals surface area (Å²) in [5.41, 5.74) is 1.21. The number of pyridine rings is 1. The summed E-state index contributed by atoms with van der Waals surface area (Å²) in [5, 5.41) is 14.9. The first-order valence-electron chi connectivity index (χ1n) is 10.1. The third-order valence-corrected chi connectivity index (χ3v) is 6.21. The Morgan fingerprint density at radius 1 is 1.03 bits per heavy atom. The number of nitrogens with zero attached hydrogens (tertiary/aromatic N) is 4. The van der Waals surface area contributed by atoms with Gasteiger partial charge in [0.15, 0.2) is 11.9 Å². The quantitative estimate of drug-likeness (QED) is 0.338. The first kappa shape index (κ1) is 25.2. The summed E-state index contributed by atoms with van der Waals surface area (Å²) in [7, 11) is 0. The van der Waals surface area contributed by atoms with E-state index in [1.165, 1.54) is 30.5 Å². The van der Waals surface area contributed by atoms with Gasteiger partial charge in [-0.3, -0.25) is 9.55 Å². The summed E-state index contributed by atoms with van der Waals surface area (Å²) in [6.07, 6.45) is -6.15. The fourth-order valence-electron chi connectivity index (χ4n) is 3.39. The van der Waals surface area contributed by atoms with Gasteiger partial charge in [0.2, 0.25) is 0 Å². The van der Waals surface area contributed by atoms with Crippen molar-refractivity contribution in [3.8, 4) is 22.6 Å². The number of benzene rings is 2. The van der Waals surface area contributed by atoms with Crippen molar-refractivity contribution in [2.75, 3.05) is 0 Å². The number of aromatic nitrogens is 4. The summed E-state index contributed by atoms with van der Waals surface area (Å²) < 4.78 is 40.9. The molecule has 0 saturated heterocycles. The van der Waals surface area contributed by atoms with Crippen LogP contribution in [-0.2, 0) is 13.1 Å². The number of hydrogen-bond acceptors (Lipinski definition) is 4. The summed E-state index contributed by atoms with van der Waals surface area (Å²) >= 11 is 18.3. The van der Waals surface area contributed by atoms with E-state index in [1.54, 1.807) is 30.3 Å². The van der Waals surface area contributed by atoms with Gasteiger partial charge < -0.3 is 5.11 Å². The fourth-order valence-corrected chi connectivity index (χ4v) is 3.92. The maximum Gasteiger partial charge on any atom is 0.416 e. The molecular formula is C23H16Cl3F3N4O2. The predicted octanol–water partition coefficient (Wildman–Crippen LogP) is 5.71. The predicted molar refractivity (Wildman–Crippen MR) is 128 cm³/mol. The van der Waals surface area contributed by atoms with Crippen molar-refractivity contribution in [2.24, 2.45) is 0 Å². The number of rotatable bonds is 6. The van der Waals surface area contributed by atoms with Crippen LogP contribution in [0.3, 0.4) is 0 Å². The topological polar surface area (TPSA) is 72.9 Å². The smallest absolute Gasteiger partial charge is 0.382 e. The van der Waals surface area contributed by atoms with Crippen LogP contribution in [0, 0.1) is 0 Å². The van der Waals surface area contributed by atoms with Gasteiger partial charge in [-0.05, 0) is 48.0 Å². The third kappa shape index (κ3) is 5.54. The Balaban J connectivity index is 1.74. The average molecular weight is 544 g/mol. The molecule has 0 fully saturated rings. The fraction of sp³-hybridized carbons (Fsp3) is 0.174. The maximum absolute atomic E-state index is 13.1. The molecule has 0 aliphatic carbocycles. The van der Waals surface area contributed by atoms with Crippen molar-refractivity contribution in [3.05, 3.63) is 91.9 Å². The van der Waals surface area contributed by atoms with E-state index >= 15 is 0 Å². The lowest BCUT2D eigenvalue weighted by Crippen LogP contribution is -2.37. The molecule has 0 unspecified atom stereocenters. The normalized spacial score (nSPS) is 12.7. The largest absolute Gasteiger partial charge is 0.416 e. The maximum atomic E-state index is 13.1. The van der Waals surface area contributed by atoms with Crippen molar-refractivity contribution in [1.82, 2.24) is 19.3 Å². The number of aliphatic hydroxyl groups is 1. The van der Waals surface area contributed by atoms with Gasteiger partial charge >= 0.3 is 11.9 Å². The second-order valence-corrected chi connectivity index (χ2v) is 8.81. The monoisotopic (exact) mass is 542 g/mol. The minimum absolute atomic E-state index is 0.0397. The molecule has 0 amide bonds. The molecule has 12 heteroatoms. The van der Waals surface area contributed by atoms with Gasteiger partial charge in [-0.15, -0.1) is 5.10 Å². The van der Waals surface area contributed by atoms with Crippen LogP contribution in [-0.4, -0.2) is 36.7 Å². The molecule has 0 aliphatic heterocycles. The molecule has 1 atom stereocenters. The summed E-state index contributed by atoms with van der Waals surface area (Å²) in [5.74, 6) is -0.0397. The highest BCUT2D eigenvalue weighted by molar-refractivity contribution is 6.43. The van der Waals surface area contributed by atoms with E-state index in [2.05, 4.69) is 10.1 Å². The van der Waals surface area contributed by atoms with E-state index in [9.17, 15) is 23.1 Å². The number of alkyl halides is 3. The van der Waals surface area contributed by atoms with Gasteiger partial charge in [-0.2, -0.15) is 13.2 Å². The molecule has 1 N–H and O–H groups in total. The molecule has 182 valence electrons. The van der Waals surface area contributed by atoms with Gasteiger partial charge in [-0.1, -0.05) is 46.9 Å². The highest BCUT2D eigenvalue weighted by Gasteiger charge is 2.39. The summed E-state index contributed by atoms with van der Waals surface area (Å²) in [6.45, 7) is -1.08. The molecule has 0 saturated carbocycles. The average Bonchev–Trinajstić information content (AvgIpc) is 3.11. The zero-order valence-electron chi connectivity index (χ0n) is 17.7. The van der Waals surface area contributed by atoms with Gasteiger partial charge in [0.25, 0.3) is 0 Å². The standard InChI is InChI=1S/C23H16Cl3F3N4O2/c24-15-6-4-14(5-7-15)21-31-33(22(35)32(21)12-19(34)23(27,28)29)11-13-8-9-30-18(10-13)16-2-1-3-17(25)20(16)26/h1-10,19,34H,11-12H2/t19-/m0/s1. The van der Waals surface area contributed by atoms with Crippen LogP contribution in [0.25, 0.3) is 22.6 Å². The molecule has 0 spiro atoms. The van der Waals surface area contributed by atoms with E-state index in [0.29, 0.717) is 37.5 Å². The lowest BCUT2D eigenvalue weighted by molar-refractivity contribution is -0.207. The van der Waals surface area contributed by atoms with Crippen molar-refractivity contribution < 1.29 is 18.3 Å². The van der Waals surface area contributed by atoms with Gasteiger partial charge in [0, 0.05) is 22.3 Å². The van der Waals surface area contributed by atoms with Gasteiger partial charge in [0.05, 0.1) is 28.8 Å². The molecular weight excluding hydrogens is 528 g/mol. The zero-order chi connectivity index (χ0) is 25.3. The summed E-state index contributed by atoms with van der Waals surface area (Å²) in [4.78, 5) is 17.3. The molecule has 0 radical (unpaired) electrons. The Morgan fingerprint density at radius 3 is 2.43 bits per heavy atom. The van der Waals surface area contributed by atoms with Crippen LogP contribution in [0.4, 0.5) is 13.2 Å². The van der Waals surface area contributed by atoms with E-state index in [4.69, 9.17) is 34.8 Å². The highest BCUT2D eigenvalue weighted by atomic mass is 35.5. The van der Waals surface area contributed by atoms with Gasteiger partial charge in [-0.25, -0.2) is 9.48 Å². The van der Waals surface area contributed by atoms with Crippen LogP contribution >= 0.6 is 34.8 Å². The van der Waals surface area contributed by atoms with Crippen molar-refractivity contribution in [1.29, 1.82) is 0 Å². The Hall–Kier alpha value is -2.85. The van der Waals surface area contributed by atoms with Crippen LogP contribution < -0.4 is 5.69 Å². The molecule has 6 nitrogen and oxygen atoms in total. The second kappa shape index (κ2) is 10.0. The number of hydrogen-bond donors (Lipinski definition) is 1. The van der Waals surface area contributed by atoms with Crippen molar-refractivity contribution in [3.63, 3.8) is 0 Å². The molecule has 4 rings (SSSR count). The van der Waals surface area contributed by atoms with Crippen molar-refractivity contribution >= 4 is 34.8 Å². The Labute approximate surface area is 212 Å². The molecule has 4 aromatic rings. The molecule has 2 heterocycles. The van der Waals surface area contributed by atoms with E-state index in [1.807, 2.05) is 0 Å². The number of aliphatic hydroxyl groups excluding tert-OH is 1. The first-order valence-corrected chi connectivity index (χ1v) is 11.3. The van der Waals surface area contributed by atoms with Crippen LogP contribution in [0.2, 0.25) is 15.1 Å². The lowest BCUT2D eigenvalue weighted by Gasteiger charge is -2.15. The first-order chi connectivity index (χ1) is 16.5. The minimum atomic E-state index is -4.91. The van der Waals surface area contributed by atoms with E-state index in [0.717, 1.165) is 9.25 Å². The lowest BCUT2D eigenvalue weighted by atomic mass is 10.1. The van der Waals surface area contributed by atoms with Crippen LogP contribution in [0.15, 0.2) is 65.6 Å². The minimum Gasteiger partial charge on any atom is -0.382 e. The zero-order valence-corrected chi connectivity index (χ0v) is 19.9. The van der Waals surface area contributed by atoms with Crippen LogP contribution in [0.5, 0.6) is 0 Å². The molecule has 0 aliphatic rings. The van der Waals surface area contributed by atoms with Crippen molar-refractivity contribution in [2.45, 2.75) is 25.4 Å². The number of halogens is 6.